The fraction of sp³-hybridized carbons (Fsp3) is 0.667. The number of aromatic nitrogens is 3. The number of nitrogens with one attached hydrogen (secondary N) is 2. The van der Waals surface area contributed by atoms with Crippen LogP contribution < -0.4 is 5.32 Å². The number of hydrogen-bond acceptors (Lipinski definition) is 5. The Balaban J connectivity index is 1.85. The van der Waals surface area contributed by atoms with Crippen molar-refractivity contribution in [3.63, 3.8) is 0 Å². The van der Waals surface area contributed by atoms with Crippen LogP contribution >= 0.6 is 0 Å². The number of aromatic amines is 1. The molecule has 0 saturated carbocycles. The standard InChI is InChI=1S/C9H14N4O3S/c1-6-11-8(13-12-6)9(14)10-4-7-2-3-17(15,16)5-7/h7H,2-5H2,1H3,(H,10,14)(H,11,12,13). The first-order valence-electron chi connectivity index (χ1n) is 5.34. The Morgan fingerprint density at radius 1 is 1.59 bits per heavy atom. The summed E-state index contributed by atoms with van der Waals surface area (Å²) in [6.45, 7) is 2.05. The molecule has 1 saturated heterocycles. The molecule has 2 heterocycles. The zero-order valence-corrected chi connectivity index (χ0v) is 10.2. The molecule has 1 aromatic heterocycles. The van der Waals surface area contributed by atoms with Gasteiger partial charge < -0.3 is 5.32 Å². The van der Waals surface area contributed by atoms with Crippen LogP contribution in [0.5, 0.6) is 0 Å². The molecule has 1 amide bonds. The molecule has 0 aliphatic carbocycles. The van der Waals surface area contributed by atoms with E-state index in [2.05, 4.69) is 20.5 Å². The fourth-order valence-corrected chi connectivity index (χ4v) is 3.66. The van der Waals surface area contributed by atoms with Gasteiger partial charge in [-0.05, 0) is 19.3 Å². The Morgan fingerprint density at radius 3 is 2.88 bits per heavy atom. The highest BCUT2D eigenvalue weighted by Gasteiger charge is 2.28. The van der Waals surface area contributed by atoms with Crippen LogP contribution in [-0.2, 0) is 9.84 Å². The molecule has 17 heavy (non-hydrogen) atoms. The highest BCUT2D eigenvalue weighted by Crippen LogP contribution is 2.17. The van der Waals surface area contributed by atoms with Crippen LogP contribution in [0.25, 0.3) is 0 Å². The Morgan fingerprint density at radius 2 is 2.35 bits per heavy atom. The van der Waals surface area contributed by atoms with Crippen molar-refractivity contribution in [2.45, 2.75) is 13.3 Å². The van der Waals surface area contributed by atoms with Gasteiger partial charge in [-0.25, -0.2) is 13.4 Å². The van der Waals surface area contributed by atoms with E-state index in [1.54, 1.807) is 6.92 Å². The summed E-state index contributed by atoms with van der Waals surface area (Å²) in [7, 11) is -2.89. The Bertz CT molecular complexity index is 522. The maximum absolute atomic E-state index is 11.6. The van der Waals surface area contributed by atoms with E-state index in [9.17, 15) is 13.2 Å². The molecule has 2 N–H and O–H groups in total. The molecular weight excluding hydrogens is 244 g/mol. The highest BCUT2D eigenvalue weighted by atomic mass is 32.2. The van der Waals surface area contributed by atoms with Crippen LogP contribution in [-0.4, -0.2) is 47.6 Å². The average Bonchev–Trinajstić information content (AvgIpc) is 2.81. The second-order valence-electron chi connectivity index (χ2n) is 4.22. The lowest BCUT2D eigenvalue weighted by molar-refractivity contribution is 0.0938. The van der Waals surface area contributed by atoms with Gasteiger partial charge in [-0.3, -0.25) is 9.89 Å². The van der Waals surface area contributed by atoms with Gasteiger partial charge in [0.1, 0.15) is 5.82 Å². The lowest BCUT2D eigenvalue weighted by Gasteiger charge is -2.07. The second kappa shape index (κ2) is 4.44. The van der Waals surface area contributed by atoms with Gasteiger partial charge in [-0.2, -0.15) is 0 Å². The van der Waals surface area contributed by atoms with Crippen molar-refractivity contribution in [2.24, 2.45) is 5.92 Å². The van der Waals surface area contributed by atoms with E-state index in [1.165, 1.54) is 0 Å². The Labute approximate surface area is 98.9 Å². The maximum Gasteiger partial charge on any atom is 0.290 e. The summed E-state index contributed by atoms with van der Waals surface area (Å²) in [5, 5.41) is 8.94. The van der Waals surface area contributed by atoms with Crippen molar-refractivity contribution in [2.75, 3.05) is 18.1 Å². The maximum atomic E-state index is 11.6. The molecule has 8 heteroatoms. The van der Waals surface area contributed by atoms with Crippen molar-refractivity contribution in [1.29, 1.82) is 0 Å². The van der Waals surface area contributed by atoms with Gasteiger partial charge in [-0.15, -0.1) is 5.10 Å². The van der Waals surface area contributed by atoms with Crippen molar-refractivity contribution in [3.05, 3.63) is 11.6 Å². The summed E-state index contributed by atoms with van der Waals surface area (Å²) in [6.07, 6.45) is 0.607. The van der Waals surface area contributed by atoms with Crippen LogP contribution in [0.2, 0.25) is 0 Å². The first-order chi connectivity index (χ1) is 7.96. The number of H-pyrrole nitrogens is 1. The van der Waals surface area contributed by atoms with Gasteiger partial charge in [0.15, 0.2) is 9.84 Å². The molecule has 0 bridgehead atoms. The third-order valence-corrected chi connectivity index (χ3v) is 4.52. The van der Waals surface area contributed by atoms with Crippen molar-refractivity contribution < 1.29 is 13.2 Å². The smallest absolute Gasteiger partial charge is 0.290 e. The zero-order valence-electron chi connectivity index (χ0n) is 9.43. The SMILES string of the molecule is Cc1nc(C(=O)NCC2CCS(=O)(=O)C2)n[nH]1. The third-order valence-electron chi connectivity index (χ3n) is 2.68. The minimum Gasteiger partial charge on any atom is -0.349 e. The van der Waals surface area contributed by atoms with Crippen molar-refractivity contribution >= 4 is 15.7 Å². The minimum absolute atomic E-state index is 0.00369. The van der Waals surface area contributed by atoms with Gasteiger partial charge >= 0.3 is 0 Å². The summed E-state index contributed by atoms with van der Waals surface area (Å²) in [6, 6.07) is 0. The summed E-state index contributed by atoms with van der Waals surface area (Å²) in [5.41, 5.74) is 0. The van der Waals surface area contributed by atoms with E-state index in [0.29, 0.717) is 18.8 Å². The molecule has 1 aliphatic heterocycles. The van der Waals surface area contributed by atoms with E-state index in [4.69, 9.17) is 0 Å². The molecule has 94 valence electrons. The van der Waals surface area contributed by atoms with Gasteiger partial charge in [0.05, 0.1) is 11.5 Å². The fourth-order valence-electron chi connectivity index (χ4n) is 1.79. The topological polar surface area (TPSA) is 105 Å². The molecule has 1 aromatic rings. The van der Waals surface area contributed by atoms with Crippen LogP contribution in [0.1, 0.15) is 22.9 Å². The van der Waals surface area contributed by atoms with E-state index >= 15 is 0 Å². The number of nitrogens with zero attached hydrogens (tertiary/aromatic N) is 2. The number of carbonyl (C=O) groups is 1. The number of aryl methyl sites for hydroxylation is 1. The van der Waals surface area contributed by atoms with E-state index < -0.39 is 9.84 Å². The molecule has 7 nitrogen and oxygen atoms in total. The number of rotatable bonds is 3. The van der Waals surface area contributed by atoms with Crippen molar-refractivity contribution in [3.8, 4) is 0 Å². The zero-order chi connectivity index (χ0) is 12.5. The van der Waals surface area contributed by atoms with Crippen LogP contribution in [0, 0.1) is 12.8 Å². The highest BCUT2D eigenvalue weighted by molar-refractivity contribution is 7.91. The Kier molecular flexibility index (Phi) is 3.14. The van der Waals surface area contributed by atoms with E-state index in [-0.39, 0.29) is 29.2 Å². The molecule has 1 aliphatic rings. The minimum atomic E-state index is -2.89. The molecular formula is C9H14N4O3S. The molecule has 0 spiro atoms. The van der Waals surface area contributed by atoms with Crippen molar-refractivity contribution in [1.82, 2.24) is 20.5 Å². The Hall–Kier alpha value is -1.44. The first kappa shape index (κ1) is 12.0. The quantitative estimate of drug-likeness (QED) is 0.744. The van der Waals surface area contributed by atoms with E-state index in [1.807, 2.05) is 0 Å². The molecule has 0 radical (unpaired) electrons. The molecule has 1 atom stereocenters. The summed E-state index contributed by atoms with van der Waals surface area (Å²) in [5.74, 6) is 0.651. The molecule has 0 aromatic carbocycles. The lowest BCUT2D eigenvalue weighted by Crippen LogP contribution is -2.30. The number of sulfone groups is 1. The van der Waals surface area contributed by atoms with Crippen LogP contribution in [0.3, 0.4) is 0 Å². The average molecular weight is 258 g/mol. The third kappa shape index (κ3) is 3.02. The first-order valence-corrected chi connectivity index (χ1v) is 7.16. The second-order valence-corrected chi connectivity index (χ2v) is 6.45. The number of hydrogen-bond donors (Lipinski definition) is 2. The molecule has 1 fully saturated rings. The van der Waals surface area contributed by atoms with Gasteiger partial charge in [0.25, 0.3) is 5.91 Å². The van der Waals surface area contributed by atoms with Crippen LogP contribution in [0.4, 0.5) is 0 Å². The summed E-state index contributed by atoms with van der Waals surface area (Å²) in [4.78, 5) is 15.5. The van der Waals surface area contributed by atoms with Crippen LogP contribution in [0.15, 0.2) is 0 Å². The predicted octanol–water partition coefficient (Wildman–Crippen LogP) is -0.722. The molecule has 2 rings (SSSR count). The summed E-state index contributed by atoms with van der Waals surface area (Å²) < 4.78 is 22.4. The number of carbonyl (C=O) groups excluding carboxylic acids is 1. The van der Waals surface area contributed by atoms with E-state index in [0.717, 1.165) is 0 Å². The number of amides is 1. The van der Waals surface area contributed by atoms with Gasteiger partial charge in [0, 0.05) is 6.54 Å². The predicted molar refractivity (Wildman–Crippen MR) is 60.2 cm³/mol. The van der Waals surface area contributed by atoms with Gasteiger partial charge in [-0.1, -0.05) is 0 Å². The molecule has 1 unspecified atom stereocenters. The summed E-state index contributed by atoms with van der Waals surface area (Å²) >= 11 is 0. The van der Waals surface area contributed by atoms with Gasteiger partial charge in [0.2, 0.25) is 5.82 Å². The normalized spacial score (nSPS) is 22.5. The lowest BCUT2D eigenvalue weighted by atomic mass is 10.1. The largest absolute Gasteiger partial charge is 0.349 e. The monoisotopic (exact) mass is 258 g/mol.